The Hall–Kier alpha value is -6.64. The normalized spacial score (nSPS) is 11.9. The second-order valence-electron chi connectivity index (χ2n) is 12.6. The Kier molecular flexibility index (Phi) is 7.14. The van der Waals surface area contributed by atoms with Gasteiger partial charge < -0.3 is 8.98 Å². The van der Waals surface area contributed by atoms with Crippen molar-refractivity contribution in [1.82, 2.24) is 4.57 Å². The van der Waals surface area contributed by atoms with Crippen LogP contribution in [0.25, 0.3) is 87.7 Å². The lowest BCUT2D eigenvalue weighted by Crippen LogP contribution is -1.99. The number of allylic oxidation sites excluding steroid dienone is 4. The van der Waals surface area contributed by atoms with Crippen molar-refractivity contribution in [1.29, 1.82) is 0 Å². The second-order valence-corrected chi connectivity index (χ2v) is 12.6. The minimum absolute atomic E-state index is 0.853. The molecule has 0 saturated carbocycles. The van der Waals surface area contributed by atoms with Crippen LogP contribution in [0.3, 0.4) is 0 Å². The summed E-state index contributed by atoms with van der Waals surface area (Å²) in [4.78, 5) is 0. The molecule has 50 heavy (non-hydrogen) atoms. The molecule has 0 spiro atoms. The molecule has 0 bridgehead atoms. The molecule has 0 N–H and O–H groups in total. The van der Waals surface area contributed by atoms with Crippen molar-refractivity contribution in [3.63, 3.8) is 0 Å². The number of hydrogen-bond acceptors (Lipinski definition) is 1. The Balaban J connectivity index is 1.59. The molecule has 236 valence electrons. The van der Waals surface area contributed by atoms with E-state index in [-0.39, 0.29) is 0 Å². The lowest BCUT2D eigenvalue weighted by molar-refractivity contribution is 0.669. The smallest absolute Gasteiger partial charge is 0.137 e. The minimum atomic E-state index is 0.853. The third kappa shape index (κ3) is 4.73. The molecule has 2 heteroatoms. The quantitative estimate of drug-likeness (QED) is 0.171. The summed E-state index contributed by atoms with van der Waals surface area (Å²) in [5.41, 5.74) is 9.38. The number of hydrogen-bond donors (Lipinski definition) is 0. The van der Waals surface area contributed by atoms with Gasteiger partial charge in [-0.3, -0.25) is 0 Å². The molecule has 2 aromatic heterocycles. The fraction of sp³-hybridized carbons (Fsp3) is 0. The molecule has 0 aliphatic rings. The molecular weight excluding hydrogens is 607 g/mol. The van der Waals surface area contributed by atoms with Crippen LogP contribution in [0.2, 0.25) is 0 Å². The molecule has 0 saturated heterocycles. The summed E-state index contributed by atoms with van der Waals surface area (Å²) in [5, 5.41) is 9.11. The highest BCUT2D eigenvalue weighted by atomic mass is 16.3. The zero-order valence-corrected chi connectivity index (χ0v) is 27.5. The summed E-state index contributed by atoms with van der Waals surface area (Å²) in [7, 11) is 0. The van der Waals surface area contributed by atoms with Crippen LogP contribution in [0.1, 0.15) is 5.56 Å². The van der Waals surface area contributed by atoms with Gasteiger partial charge in [0.25, 0.3) is 0 Å². The summed E-state index contributed by atoms with van der Waals surface area (Å²) in [6, 6.07) is 56.5. The molecule has 0 fully saturated rings. The van der Waals surface area contributed by atoms with Crippen molar-refractivity contribution in [2.45, 2.75) is 0 Å². The predicted octanol–water partition coefficient (Wildman–Crippen LogP) is 13.5. The van der Waals surface area contributed by atoms with E-state index in [2.05, 4.69) is 169 Å². The standard InChI is InChI=1S/C48H33NO/c1-3-14-32(4-2)35-25-29-44-43(31-35)40-20-11-9-18-38(40)37-17-8-10-19-39(37)41-28-30-46-47(42-21-12-13-22-45(42)50-46)48(41)49(44)36-26-23-34(24-27-36)33-15-6-5-7-16-33/h3-31H,1-2H2/b32-14+. The molecule has 9 rings (SSSR count). The molecule has 0 radical (unpaired) electrons. The van der Waals surface area contributed by atoms with E-state index in [1.54, 1.807) is 0 Å². The first-order chi connectivity index (χ1) is 24.7. The first kappa shape index (κ1) is 29.5. The summed E-state index contributed by atoms with van der Waals surface area (Å²) in [6.07, 6.45) is 5.73. The van der Waals surface area contributed by atoms with Gasteiger partial charge in [0.2, 0.25) is 0 Å². The van der Waals surface area contributed by atoms with Crippen molar-refractivity contribution in [3.05, 3.63) is 195 Å². The van der Waals surface area contributed by atoms with Crippen LogP contribution < -0.4 is 0 Å². The van der Waals surface area contributed by atoms with Crippen LogP contribution in [0, 0.1) is 0 Å². The first-order valence-corrected chi connectivity index (χ1v) is 16.9. The van der Waals surface area contributed by atoms with E-state index in [1.807, 2.05) is 24.3 Å². The SMILES string of the molecule is C=C/C=C(\C=C)c1ccc2c(c1)c1ccccc1c1ccccc1c1ccc3oc4ccccc4c3c1n2-c1ccc(-c2ccccc2)cc1. The second kappa shape index (κ2) is 12.1. The summed E-state index contributed by atoms with van der Waals surface area (Å²) >= 11 is 0. The highest BCUT2D eigenvalue weighted by Gasteiger charge is 2.17. The minimum Gasteiger partial charge on any atom is -0.456 e. The number of para-hydroxylation sites is 1. The molecule has 9 aromatic rings. The average molecular weight is 640 g/mol. The van der Waals surface area contributed by atoms with Crippen molar-refractivity contribution < 1.29 is 4.42 Å². The Morgan fingerprint density at radius 1 is 0.500 bits per heavy atom. The number of fused-ring (bicyclic) bond motifs is 11. The van der Waals surface area contributed by atoms with Crippen LogP contribution >= 0.6 is 0 Å². The van der Waals surface area contributed by atoms with Gasteiger partial charge in [-0.15, -0.1) is 0 Å². The van der Waals surface area contributed by atoms with Crippen LogP contribution in [-0.2, 0) is 0 Å². The van der Waals surface area contributed by atoms with E-state index in [9.17, 15) is 0 Å². The molecule has 0 atom stereocenters. The molecule has 0 aliphatic carbocycles. The summed E-state index contributed by atoms with van der Waals surface area (Å²) in [5.74, 6) is 0. The zero-order chi connectivity index (χ0) is 33.6. The van der Waals surface area contributed by atoms with Crippen LogP contribution in [0.5, 0.6) is 0 Å². The molecule has 0 amide bonds. The van der Waals surface area contributed by atoms with Gasteiger partial charge >= 0.3 is 0 Å². The maximum Gasteiger partial charge on any atom is 0.137 e. The first-order valence-electron chi connectivity index (χ1n) is 16.9. The number of nitrogens with zero attached hydrogens (tertiary/aromatic N) is 1. The zero-order valence-electron chi connectivity index (χ0n) is 27.5. The summed E-state index contributed by atoms with van der Waals surface area (Å²) in [6.45, 7) is 8.11. The van der Waals surface area contributed by atoms with E-state index in [0.29, 0.717) is 0 Å². The summed E-state index contributed by atoms with van der Waals surface area (Å²) < 4.78 is 9.00. The van der Waals surface area contributed by atoms with Gasteiger partial charge in [-0.25, -0.2) is 0 Å². The topological polar surface area (TPSA) is 18.1 Å². The number of aromatic nitrogens is 1. The van der Waals surface area contributed by atoms with Crippen molar-refractivity contribution in [2.24, 2.45) is 0 Å². The fourth-order valence-corrected chi connectivity index (χ4v) is 7.51. The lowest BCUT2D eigenvalue weighted by atomic mass is 9.98. The van der Waals surface area contributed by atoms with Gasteiger partial charge in [0.1, 0.15) is 11.2 Å². The van der Waals surface area contributed by atoms with Gasteiger partial charge in [0.15, 0.2) is 0 Å². The van der Waals surface area contributed by atoms with E-state index < -0.39 is 0 Å². The van der Waals surface area contributed by atoms with E-state index in [4.69, 9.17) is 4.42 Å². The Morgan fingerprint density at radius 2 is 1.10 bits per heavy atom. The molecule has 0 aliphatic heterocycles. The van der Waals surface area contributed by atoms with E-state index in [0.717, 1.165) is 66.0 Å². The molecular formula is C48H33NO. The molecule has 7 aromatic carbocycles. The maximum atomic E-state index is 6.56. The van der Waals surface area contributed by atoms with Gasteiger partial charge in [0.05, 0.1) is 16.4 Å². The van der Waals surface area contributed by atoms with E-state index in [1.165, 1.54) is 27.3 Å². The Morgan fingerprint density at radius 3 is 1.78 bits per heavy atom. The van der Waals surface area contributed by atoms with Crippen LogP contribution in [0.15, 0.2) is 194 Å². The van der Waals surface area contributed by atoms with Crippen LogP contribution in [-0.4, -0.2) is 4.57 Å². The van der Waals surface area contributed by atoms with Crippen molar-refractivity contribution in [3.8, 4) is 16.8 Å². The van der Waals surface area contributed by atoms with Crippen molar-refractivity contribution >= 4 is 70.9 Å². The molecule has 0 unspecified atom stereocenters. The number of benzene rings is 7. The Bertz CT molecular complexity index is 2880. The van der Waals surface area contributed by atoms with Gasteiger partial charge in [-0.2, -0.15) is 0 Å². The number of furan rings is 1. The molecule has 2 heterocycles. The largest absolute Gasteiger partial charge is 0.456 e. The predicted molar refractivity (Wildman–Crippen MR) is 215 cm³/mol. The van der Waals surface area contributed by atoms with Gasteiger partial charge in [-0.1, -0.05) is 147 Å². The van der Waals surface area contributed by atoms with Crippen LogP contribution in [0.4, 0.5) is 0 Å². The highest BCUT2D eigenvalue weighted by Crippen LogP contribution is 2.41. The van der Waals surface area contributed by atoms with Gasteiger partial charge in [-0.05, 0) is 86.3 Å². The molecule has 2 nitrogen and oxygen atoms in total. The highest BCUT2D eigenvalue weighted by molar-refractivity contribution is 6.26. The third-order valence-corrected chi connectivity index (χ3v) is 9.78. The fourth-order valence-electron chi connectivity index (χ4n) is 7.51. The number of rotatable bonds is 5. The third-order valence-electron chi connectivity index (χ3n) is 9.78. The average Bonchev–Trinajstić information content (AvgIpc) is 3.58. The monoisotopic (exact) mass is 639 g/mol. The van der Waals surface area contributed by atoms with Crippen molar-refractivity contribution in [2.75, 3.05) is 0 Å². The lowest BCUT2D eigenvalue weighted by Gasteiger charge is -2.16. The van der Waals surface area contributed by atoms with E-state index >= 15 is 0 Å². The Labute approximate surface area is 290 Å². The maximum absolute atomic E-state index is 6.56. The van der Waals surface area contributed by atoms with Gasteiger partial charge in [0, 0.05) is 21.8 Å².